The van der Waals surface area contributed by atoms with Gasteiger partial charge in [-0.15, -0.1) is 0 Å². The highest BCUT2D eigenvalue weighted by Crippen LogP contribution is 2.46. The van der Waals surface area contributed by atoms with Gasteiger partial charge in [0.1, 0.15) is 5.82 Å². The number of nitrogen functional groups attached to an aromatic ring is 1. The summed E-state index contributed by atoms with van der Waals surface area (Å²) in [6, 6.07) is 6.82. The van der Waals surface area contributed by atoms with E-state index in [0.717, 1.165) is 11.2 Å². The number of hydrogen-bond donors (Lipinski definition) is 1. The number of imidazole rings is 1. The molecule has 82 valence electrons. The summed E-state index contributed by atoms with van der Waals surface area (Å²) in [6.45, 7) is 0. The summed E-state index contributed by atoms with van der Waals surface area (Å²) in [7, 11) is 0. The van der Waals surface area contributed by atoms with Gasteiger partial charge < -0.3 is 10.3 Å². The molecule has 16 heavy (non-hydrogen) atoms. The highest BCUT2D eigenvalue weighted by atomic mass is 15.1. The maximum atomic E-state index is 5.82. The quantitative estimate of drug-likeness (QED) is 0.779. The lowest BCUT2D eigenvalue weighted by molar-refractivity contribution is 0.703. The Morgan fingerprint density at radius 3 is 2.69 bits per heavy atom. The van der Waals surface area contributed by atoms with Crippen molar-refractivity contribution >= 4 is 16.7 Å². The molecule has 0 aliphatic heterocycles. The highest BCUT2D eigenvalue weighted by Gasteiger charge is 2.35. The van der Waals surface area contributed by atoms with Crippen molar-refractivity contribution in [2.75, 3.05) is 5.73 Å². The van der Waals surface area contributed by atoms with Crippen LogP contribution in [0, 0.1) is 0 Å². The molecule has 2 aromatic rings. The van der Waals surface area contributed by atoms with Crippen molar-refractivity contribution in [3.05, 3.63) is 24.0 Å². The van der Waals surface area contributed by atoms with E-state index < -0.39 is 0 Å². The molecule has 0 saturated heterocycles. The maximum Gasteiger partial charge on any atom is 0.113 e. The molecule has 0 unspecified atom stereocenters. The molecule has 2 fully saturated rings. The summed E-state index contributed by atoms with van der Waals surface area (Å²) in [5.41, 5.74) is 8.99. The van der Waals surface area contributed by atoms with Crippen LogP contribution < -0.4 is 5.73 Å². The SMILES string of the molecule is Nc1ccc2c(c1)nc(C1CC1)n2C1CC1. The highest BCUT2D eigenvalue weighted by molar-refractivity contribution is 5.80. The number of nitrogens with zero attached hydrogens (tertiary/aromatic N) is 2. The predicted molar refractivity (Wildman–Crippen MR) is 64.4 cm³/mol. The molecule has 1 aromatic heterocycles. The van der Waals surface area contributed by atoms with Crippen LogP contribution in [-0.2, 0) is 0 Å². The first-order chi connectivity index (χ1) is 7.83. The lowest BCUT2D eigenvalue weighted by atomic mass is 10.3. The molecule has 2 N–H and O–H groups in total. The van der Waals surface area contributed by atoms with E-state index in [0.29, 0.717) is 12.0 Å². The molecule has 1 heterocycles. The molecule has 2 aliphatic rings. The fourth-order valence-corrected chi connectivity index (χ4v) is 2.48. The van der Waals surface area contributed by atoms with Crippen LogP contribution >= 0.6 is 0 Å². The molecule has 0 spiro atoms. The van der Waals surface area contributed by atoms with Crippen LogP contribution in [0.4, 0.5) is 5.69 Å². The first-order valence-electron chi connectivity index (χ1n) is 6.10. The van der Waals surface area contributed by atoms with Gasteiger partial charge in [0.25, 0.3) is 0 Å². The van der Waals surface area contributed by atoms with E-state index in [1.807, 2.05) is 12.1 Å². The third-order valence-electron chi connectivity index (χ3n) is 3.60. The number of nitrogens with two attached hydrogens (primary N) is 1. The zero-order valence-electron chi connectivity index (χ0n) is 9.19. The van der Waals surface area contributed by atoms with Crippen LogP contribution in [0.15, 0.2) is 18.2 Å². The van der Waals surface area contributed by atoms with Gasteiger partial charge >= 0.3 is 0 Å². The minimum atomic E-state index is 0.712. The fourth-order valence-electron chi connectivity index (χ4n) is 2.48. The van der Waals surface area contributed by atoms with Crippen molar-refractivity contribution in [3.63, 3.8) is 0 Å². The van der Waals surface area contributed by atoms with E-state index in [2.05, 4.69) is 10.6 Å². The molecule has 3 nitrogen and oxygen atoms in total. The molecule has 3 heteroatoms. The number of rotatable bonds is 2. The molecule has 0 atom stereocenters. The normalized spacial score (nSPS) is 20.5. The van der Waals surface area contributed by atoms with E-state index in [9.17, 15) is 0 Å². The lowest BCUT2D eigenvalue weighted by Crippen LogP contribution is -1.99. The summed E-state index contributed by atoms with van der Waals surface area (Å²) in [5.74, 6) is 2.03. The molecule has 1 aromatic carbocycles. The minimum Gasteiger partial charge on any atom is -0.399 e. The van der Waals surface area contributed by atoms with Gasteiger partial charge in [0.15, 0.2) is 0 Å². The summed E-state index contributed by atoms with van der Waals surface area (Å²) in [4.78, 5) is 4.78. The molecular weight excluding hydrogens is 198 g/mol. The fraction of sp³-hybridized carbons (Fsp3) is 0.462. The van der Waals surface area contributed by atoms with Gasteiger partial charge in [0.2, 0.25) is 0 Å². The Balaban J connectivity index is 2.00. The third-order valence-corrected chi connectivity index (χ3v) is 3.60. The summed E-state index contributed by atoms with van der Waals surface area (Å²) in [5, 5.41) is 0. The molecule has 2 saturated carbocycles. The number of fused-ring (bicyclic) bond motifs is 1. The lowest BCUT2D eigenvalue weighted by Gasteiger charge is -2.06. The van der Waals surface area contributed by atoms with E-state index in [-0.39, 0.29) is 0 Å². The van der Waals surface area contributed by atoms with E-state index >= 15 is 0 Å². The van der Waals surface area contributed by atoms with Gasteiger partial charge in [0, 0.05) is 17.6 Å². The Kier molecular flexibility index (Phi) is 1.50. The Labute approximate surface area is 94.3 Å². The Bertz CT molecular complexity index is 562. The van der Waals surface area contributed by atoms with Crippen LogP contribution in [0.3, 0.4) is 0 Å². The number of aromatic nitrogens is 2. The topological polar surface area (TPSA) is 43.8 Å². The molecule has 4 rings (SSSR count). The second kappa shape index (κ2) is 2.78. The second-order valence-corrected chi connectivity index (χ2v) is 5.09. The number of anilines is 1. The van der Waals surface area contributed by atoms with Crippen molar-refractivity contribution in [1.29, 1.82) is 0 Å². The summed E-state index contributed by atoms with van der Waals surface area (Å²) < 4.78 is 2.46. The van der Waals surface area contributed by atoms with Gasteiger partial charge in [-0.3, -0.25) is 0 Å². The zero-order valence-corrected chi connectivity index (χ0v) is 9.19. The molecule has 0 bridgehead atoms. The van der Waals surface area contributed by atoms with Crippen LogP contribution in [0.5, 0.6) is 0 Å². The molecule has 0 radical (unpaired) electrons. The Hall–Kier alpha value is -1.51. The van der Waals surface area contributed by atoms with Crippen LogP contribution in [0.1, 0.15) is 43.5 Å². The monoisotopic (exact) mass is 213 g/mol. The van der Waals surface area contributed by atoms with Crippen LogP contribution in [-0.4, -0.2) is 9.55 Å². The van der Waals surface area contributed by atoms with Crippen molar-refractivity contribution in [2.24, 2.45) is 0 Å². The van der Waals surface area contributed by atoms with Crippen LogP contribution in [0.25, 0.3) is 11.0 Å². The third kappa shape index (κ3) is 1.17. The molecule has 0 amide bonds. The minimum absolute atomic E-state index is 0.712. The average molecular weight is 213 g/mol. The second-order valence-electron chi connectivity index (χ2n) is 5.09. The van der Waals surface area contributed by atoms with Gasteiger partial charge in [-0.25, -0.2) is 4.98 Å². The number of benzene rings is 1. The largest absolute Gasteiger partial charge is 0.399 e. The predicted octanol–water partition coefficient (Wildman–Crippen LogP) is 2.83. The van der Waals surface area contributed by atoms with Crippen molar-refractivity contribution in [1.82, 2.24) is 9.55 Å². The van der Waals surface area contributed by atoms with Crippen molar-refractivity contribution in [3.8, 4) is 0 Å². The first kappa shape index (κ1) is 8.62. The van der Waals surface area contributed by atoms with Crippen molar-refractivity contribution < 1.29 is 0 Å². The Morgan fingerprint density at radius 2 is 2.00 bits per heavy atom. The zero-order chi connectivity index (χ0) is 10.7. The average Bonchev–Trinajstić information content (AvgIpc) is 3.14. The smallest absolute Gasteiger partial charge is 0.113 e. The van der Waals surface area contributed by atoms with E-state index in [1.165, 1.54) is 37.0 Å². The number of hydrogen-bond acceptors (Lipinski definition) is 2. The summed E-state index contributed by atoms with van der Waals surface area (Å²) >= 11 is 0. The standard InChI is InChI=1S/C13H15N3/c14-9-3-6-12-11(7-9)15-13(8-1-2-8)16(12)10-4-5-10/h3,6-8,10H,1-2,4-5,14H2. The van der Waals surface area contributed by atoms with E-state index in [4.69, 9.17) is 10.7 Å². The molecule has 2 aliphatic carbocycles. The van der Waals surface area contributed by atoms with Crippen molar-refractivity contribution in [2.45, 2.75) is 37.6 Å². The van der Waals surface area contributed by atoms with Gasteiger partial charge in [0.05, 0.1) is 11.0 Å². The molecular formula is C13H15N3. The van der Waals surface area contributed by atoms with Crippen LogP contribution in [0.2, 0.25) is 0 Å². The van der Waals surface area contributed by atoms with Gasteiger partial charge in [-0.1, -0.05) is 0 Å². The maximum absolute atomic E-state index is 5.82. The first-order valence-corrected chi connectivity index (χ1v) is 6.10. The Morgan fingerprint density at radius 1 is 1.19 bits per heavy atom. The van der Waals surface area contributed by atoms with Gasteiger partial charge in [-0.2, -0.15) is 0 Å². The van der Waals surface area contributed by atoms with E-state index in [1.54, 1.807) is 0 Å². The summed E-state index contributed by atoms with van der Waals surface area (Å²) in [6.07, 6.45) is 5.25. The van der Waals surface area contributed by atoms with Gasteiger partial charge in [-0.05, 0) is 43.9 Å².